The molecule has 0 amide bonds. The average molecular weight is 290 g/mol. The van der Waals surface area contributed by atoms with Crippen molar-refractivity contribution in [3.63, 3.8) is 0 Å². The van der Waals surface area contributed by atoms with Crippen LogP contribution in [0.25, 0.3) is 10.2 Å². The topological polar surface area (TPSA) is 24.9 Å². The zero-order chi connectivity index (χ0) is 14.0. The van der Waals surface area contributed by atoms with Gasteiger partial charge in [0.2, 0.25) is 0 Å². The first-order valence-corrected chi connectivity index (χ1v) is 7.04. The number of thiazole rings is 1. The maximum Gasteiger partial charge on any atom is 0.290 e. The van der Waals surface area contributed by atoms with Crippen LogP contribution in [0.2, 0.25) is 0 Å². The van der Waals surface area contributed by atoms with Crippen LogP contribution in [0.5, 0.6) is 0 Å². The fourth-order valence-corrected chi connectivity index (χ4v) is 2.68. The standard InChI is InChI=1S/C15H12F2N2S/c16-15(17,11-4-2-1-3-5-11)9-18-12-6-7-13-14(8-12)20-10-19-13/h1-8,10,18H,9H2. The highest BCUT2D eigenvalue weighted by Crippen LogP contribution is 2.29. The molecule has 1 N–H and O–H groups in total. The van der Waals surface area contributed by atoms with Crippen molar-refractivity contribution in [2.24, 2.45) is 0 Å². The van der Waals surface area contributed by atoms with Crippen molar-refractivity contribution in [3.05, 3.63) is 59.6 Å². The molecule has 102 valence electrons. The molecule has 1 aromatic heterocycles. The van der Waals surface area contributed by atoms with Crippen molar-refractivity contribution in [3.8, 4) is 0 Å². The smallest absolute Gasteiger partial charge is 0.290 e. The summed E-state index contributed by atoms with van der Waals surface area (Å²) < 4.78 is 29.0. The van der Waals surface area contributed by atoms with Gasteiger partial charge in [-0.25, -0.2) is 4.98 Å². The number of nitrogens with zero attached hydrogens (tertiary/aromatic N) is 1. The molecule has 0 spiro atoms. The number of hydrogen-bond donors (Lipinski definition) is 1. The SMILES string of the molecule is FC(F)(CNc1ccc2ncsc2c1)c1ccccc1. The molecule has 2 nitrogen and oxygen atoms in total. The Bertz CT molecular complexity index is 710. The van der Waals surface area contributed by atoms with Gasteiger partial charge in [-0.15, -0.1) is 11.3 Å². The highest BCUT2D eigenvalue weighted by atomic mass is 32.1. The van der Waals surface area contributed by atoms with E-state index in [0.29, 0.717) is 5.69 Å². The monoisotopic (exact) mass is 290 g/mol. The summed E-state index contributed by atoms with van der Waals surface area (Å²) >= 11 is 1.49. The molecule has 1 heterocycles. The van der Waals surface area contributed by atoms with E-state index in [1.165, 1.54) is 23.5 Å². The minimum atomic E-state index is -2.90. The van der Waals surface area contributed by atoms with Crippen LogP contribution in [0.1, 0.15) is 5.56 Å². The lowest BCUT2D eigenvalue weighted by molar-refractivity contribution is 0.0106. The fourth-order valence-electron chi connectivity index (χ4n) is 1.96. The van der Waals surface area contributed by atoms with E-state index < -0.39 is 12.5 Å². The molecule has 5 heteroatoms. The van der Waals surface area contributed by atoms with Gasteiger partial charge in [-0.1, -0.05) is 30.3 Å². The largest absolute Gasteiger partial charge is 0.379 e. The molecule has 0 unspecified atom stereocenters. The third-order valence-corrected chi connectivity index (χ3v) is 3.83. The van der Waals surface area contributed by atoms with Crippen LogP contribution in [0.4, 0.5) is 14.5 Å². The van der Waals surface area contributed by atoms with Crippen LogP contribution < -0.4 is 5.32 Å². The molecular formula is C15H12F2N2S. The Kier molecular flexibility index (Phi) is 3.36. The van der Waals surface area contributed by atoms with E-state index >= 15 is 0 Å². The molecule has 0 fully saturated rings. The number of halogens is 2. The Morgan fingerprint density at radius 1 is 1.10 bits per heavy atom. The number of rotatable bonds is 4. The van der Waals surface area contributed by atoms with Gasteiger partial charge < -0.3 is 5.32 Å². The lowest BCUT2D eigenvalue weighted by atomic mass is 10.1. The van der Waals surface area contributed by atoms with Crippen LogP contribution >= 0.6 is 11.3 Å². The van der Waals surface area contributed by atoms with Crippen molar-refractivity contribution in [1.29, 1.82) is 0 Å². The molecule has 0 aliphatic carbocycles. The number of anilines is 1. The Morgan fingerprint density at radius 2 is 1.90 bits per heavy atom. The lowest BCUT2D eigenvalue weighted by Crippen LogP contribution is -2.24. The molecule has 0 radical (unpaired) electrons. The number of aromatic nitrogens is 1. The van der Waals surface area contributed by atoms with Crippen molar-refractivity contribution < 1.29 is 8.78 Å². The van der Waals surface area contributed by atoms with E-state index in [1.807, 2.05) is 12.1 Å². The van der Waals surface area contributed by atoms with Crippen LogP contribution in [-0.2, 0) is 5.92 Å². The molecule has 0 aliphatic rings. The normalized spacial score (nSPS) is 11.7. The summed E-state index contributed by atoms with van der Waals surface area (Å²) in [6.07, 6.45) is 0. The fraction of sp³-hybridized carbons (Fsp3) is 0.133. The van der Waals surface area contributed by atoms with E-state index in [0.717, 1.165) is 10.2 Å². The molecule has 0 saturated carbocycles. The first-order chi connectivity index (χ1) is 9.65. The van der Waals surface area contributed by atoms with Crippen molar-refractivity contribution in [2.45, 2.75) is 5.92 Å². The summed E-state index contributed by atoms with van der Waals surface area (Å²) in [6.45, 7) is -0.429. The minimum absolute atomic E-state index is 0.0198. The summed E-state index contributed by atoms with van der Waals surface area (Å²) in [6, 6.07) is 13.3. The van der Waals surface area contributed by atoms with Crippen LogP contribution in [0, 0.1) is 0 Å². The molecule has 2 aromatic carbocycles. The number of nitrogens with one attached hydrogen (secondary N) is 1. The number of fused-ring (bicyclic) bond motifs is 1. The maximum absolute atomic E-state index is 14.0. The maximum atomic E-state index is 14.0. The third kappa shape index (κ3) is 2.63. The van der Waals surface area contributed by atoms with E-state index in [-0.39, 0.29) is 5.56 Å². The van der Waals surface area contributed by atoms with Gasteiger partial charge >= 0.3 is 0 Å². The highest BCUT2D eigenvalue weighted by molar-refractivity contribution is 7.16. The van der Waals surface area contributed by atoms with Crippen molar-refractivity contribution >= 4 is 27.2 Å². The highest BCUT2D eigenvalue weighted by Gasteiger charge is 2.30. The second kappa shape index (κ2) is 5.17. The molecule has 20 heavy (non-hydrogen) atoms. The van der Waals surface area contributed by atoms with E-state index in [2.05, 4.69) is 10.3 Å². The second-order valence-corrected chi connectivity index (χ2v) is 5.35. The predicted octanol–water partition coefficient (Wildman–Crippen LogP) is 4.50. The zero-order valence-corrected chi connectivity index (χ0v) is 11.3. The lowest BCUT2D eigenvalue weighted by Gasteiger charge is -2.18. The number of alkyl halides is 2. The van der Waals surface area contributed by atoms with Crippen LogP contribution in [0.15, 0.2) is 54.0 Å². The third-order valence-electron chi connectivity index (χ3n) is 3.04. The van der Waals surface area contributed by atoms with Gasteiger partial charge in [-0.05, 0) is 18.2 Å². The van der Waals surface area contributed by atoms with Crippen LogP contribution in [0.3, 0.4) is 0 Å². The van der Waals surface area contributed by atoms with Crippen molar-refractivity contribution in [1.82, 2.24) is 4.98 Å². The van der Waals surface area contributed by atoms with Gasteiger partial charge in [0.25, 0.3) is 5.92 Å². The molecule has 0 atom stereocenters. The van der Waals surface area contributed by atoms with Gasteiger partial charge in [0.05, 0.1) is 22.3 Å². The average Bonchev–Trinajstić information content (AvgIpc) is 2.94. The van der Waals surface area contributed by atoms with Gasteiger partial charge in [-0.3, -0.25) is 0 Å². The molecule has 3 rings (SSSR count). The Labute approximate surface area is 119 Å². The van der Waals surface area contributed by atoms with Gasteiger partial charge in [-0.2, -0.15) is 8.78 Å². The number of benzene rings is 2. The summed E-state index contributed by atoms with van der Waals surface area (Å²) in [4.78, 5) is 4.16. The predicted molar refractivity (Wildman–Crippen MR) is 78.4 cm³/mol. The number of hydrogen-bond acceptors (Lipinski definition) is 3. The summed E-state index contributed by atoms with van der Waals surface area (Å²) in [5.41, 5.74) is 3.33. The summed E-state index contributed by atoms with van der Waals surface area (Å²) in [5, 5.41) is 2.79. The quantitative estimate of drug-likeness (QED) is 0.765. The Morgan fingerprint density at radius 3 is 2.70 bits per heavy atom. The molecule has 0 bridgehead atoms. The summed E-state index contributed by atoms with van der Waals surface area (Å²) in [7, 11) is 0. The van der Waals surface area contributed by atoms with Crippen molar-refractivity contribution in [2.75, 3.05) is 11.9 Å². The minimum Gasteiger partial charge on any atom is -0.379 e. The van der Waals surface area contributed by atoms with Gasteiger partial charge in [0.15, 0.2) is 0 Å². The Hall–Kier alpha value is -2.01. The van der Waals surface area contributed by atoms with E-state index in [4.69, 9.17) is 0 Å². The van der Waals surface area contributed by atoms with Gasteiger partial charge in [0.1, 0.15) is 0 Å². The Balaban J connectivity index is 1.75. The zero-order valence-electron chi connectivity index (χ0n) is 10.5. The first-order valence-electron chi connectivity index (χ1n) is 6.16. The van der Waals surface area contributed by atoms with E-state index in [9.17, 15) is 8.78 Å². The summed E-state index contributed by atoms with van der Waals surface area (Å²) in [5.74, 6) is -2.90. The molecule has 3 aromatic rings. The molecule has 0 aliphatic heterocycles. The van der Waals surface area contributed by atoms with Crippen LogP contribution in [-0.4, -0.2) is 11.5 Å². The second-order valence-electron chi connectivity index (χ2n) is 4.46. The van der Waals surface area contributed by atoms with E-state index in [1.54, 1.807) is 29.8 Å². The molecular weight excluding hydrogens is 278 g/mol. The van der Waals surface area contributed by atoms with Gasteiger partial charge in [0, 0.05) is 11.3 Å². The molecule has 0 saturated heterocycles. The first kappa shape index (κ1) is 13.0.